The third kappa shape index (κ3) is 7.78. The van der Waals surface area contributed by atoms with Crippen molar-refractivity contribution in [2.45, 2.75) is 0 Å². The molecular formula is C15H21NO2S. The first-order chi connectivity index (χ1) is 9.22. The van der Waals surface area contributed by atoms with Crippen molar-refractivity contribution in [2.24, 2.45) is 0 Å². The first kappa shape index (κ1) is 15.9. The summed E-state index contributed by atoms with van der Waals surface area (Å²) >= 11 is 1.89. The average Bonchev–Trinajstić information content (AvgIpc) is 2.40. The van der Waals surface area contributed by atoms with Gasteiger partial charge in [0.15, 0.2) is 0 Å². The summed E-state index contributed by atoms with van der Waals surface area (Å²) in [5.41, 5.74) is 0.867. The number of hydrogen-bond acceptors (Lipinski definition) is 4. The molecule has 104 valence electrons. The molecule has 0 aromatic heterocycles. The lowest BCUT2D eigenvalue weighted by molar-refractivity contribution is 0.343. The van der Waals surface area contributed by atoms with Gasteiger partial charge in [0.1, 0.15) is 12.4 Å². The molecule has 4 heteroatoms. The molecule has 0 unspecified atom stereocenters. The minimum atomic E-state index is -0.117. The zero-order valence-electron chi connectivity index (χ0n) is 11.6. The predicted octanol–water partition coefficient (Wildman–Crippen LogP) is 1.70. The van der Waals surface area contributed by atoms with Crippen LogP contribution in [0.25, 0.3) is 0 Å². The average molecular weight is 279 g/mol. The molecule has 0 radical (unpaired) electrons. The molecule has 0 amide bonds. The van der Waals surface area contributed by atoms with E-state index in [9.17, 15) is 0 Å². The highest BCUT2D eigenvalue weighted by Gasteiger charge is 1.96. The fraction of sp³-hybridized carbons (Fsp3) is 0.467. The molecule has 1 N–H and O–H groups in total. The lowest BCUT2D eigenvalue weighted by Gasteiger charge is -2.09. The number of ether oxygens (including phenoxy) is 1. The topological polar surface area (TPSA) is 32.7 Å². The van der Waals surface area contributed by atoms with Gasteiger partial charge in [-0.25, -0.2) is 0 Å². The predicted molar refractivity (Wildman–Crippen MR) is 81.8 cm³/mol. The Morgan fingerprint density at radius 2 is 2.16 bits per heavy atom. The van der Waals surface area contributed by atoms with E-state index in [0.29, 0.717) is 6.61 Å². The van der Waals surface area contributed by atoms with E-state index in [1.807, 2.05) is 36.0 Å². The van der Waals surface area contributed by atoms with E-state index < -0.39 is 0 Å². The Hall–Kier alpha value is -1.15. The summed E-state index contributed by atoms with van der Waals surface area (Å²) in [6, 6.07) is 7.64. The summed E-state index contributed by atoms with van der Waals surface area (Å²) < 4.78 is 5.67. The highest BCUT2D eigenvalue weighted by atomic mass is 32.2. The fourth-order valence-corrected chi connectivity index (χ4v) is 2.27. The van der Waals surface area contributed by atoms with Crippen LogP contribution in [0.2, 0.25) is 0 Å². The third-order valence-electron chi connectivity index (χ3n) is 2.33. The normalized spacial score (nSPS) is 10.1. The first-order valence-electron chi connectivity index (χ1n) is 6.27. The van der Waals surface area contributed by atoms with Gasteiger partial charge in [0.25, 0.3) is 0 Å². The van der Waals surface area contributed by atoms with Crippen molar-refractivity contribution in [3.05, 3.63) is 29.8 Å². The van der Waals surface area contributed by atoms with Crippen LogP contribution >= 0.6 is 11.8 Å². The van der Waals surface area contributed by atoms with Gasteiger partial charge >= 0.3 is 0 Å². The molecule has 1 rings (SSSR count). The van der Waals surface area contributed by atoms with Gasteiger partial charge in [-0.3, -0.25) is 0 Å². The van der Waals surface area contributed by atoms with Crippen molar-refractivity contribution >= 4 is 11.8 Å². The molecule has 0 aliphatic heterocycles. The first-order valence-corrected chi connectivity index (χ1v) is 7.43. The van der Waals surface area contributed by atoms with Crippen LogP contribution in [0.4, 0.5) is 0 Å². The smallest absolute Gasteiger partial charge is 0.120 e. The third-order valence-corrected chi connectivity index (χ3v) is 3.25. The highest BCUT2D eigenvalue weighted by Crippen LogP contribution is 2.13. The maximum absolute atomic E-state index is 8.65. The summed E-state index contributed by atoms with van der Waals surface area (Å²) in [6.07, 6.45) is 0. The van der Waals surface area contributed by atoms with Gasteiger partial charge in [0.2, 0.25) is 0 Å². The number of aliphatic hydroxyl groups is 1. The SMILES string of the molecule is CN(C)CCSCCOc1cccc(C#CCO)c1. The van der Waals surface area contributed by atoms with Crippen molar-refractivity contribution < 1.29 is 9.84 Å². The number of aliphatic hydroxyl groups excluding tert-OH is 1. The lowest BCUT2D eigenvalue weighted by Crippen LogP contribution is -2.15. The van der Waals surface area contributed by atoms with Gasteiger partial charge in [0.05, 0.1) is 6.61 Å². The van der Waals surface area contributed by atoms with Crippen LogP contribution in [0, 0.1) is 11.8 Å². The zero-order valence-corrected chi connectivity index (χ0v) is 12.4. The molecule has 1 aromatic rings. The van der Waals surface area contributed by atoms with Gasteiger partial charge in [0, 0.05) is 23.6 Å². The second-order valence-electron chi connectivity index (χ2n) is 4.25. The van der Waals surface area contributed by atoms with E-state index in [-0.39, 0.29) is 6.61 Å². The molecule has 0 saturated carbocycles. The standard InChI is InChI=1S/C15H21NO2S/c1-16(2)8-11-19-12-10-18-15-7-3-5-14(13-15)6-4-9-17/h3,5,7,13,17H,8-12H2,1-2H3. The Bertz CT molecular complexity index is 424. The molecule has 0 spiro atoms. The molecule has 0 heterocycles. The van der Waals surface area contributed by atoms with E-state index in [4.69, 9.17) is 9.84 Å². The van der Waals surface area contributed by atoms with Crippen LogP contribution in [0.1, 0.15) is 5.56 Å². The Balaban J connectivity index is 2.25. The molecule has 3 nitrogen and oxygen atoms in total. The van der Waals surface area contributed by atoms with Crippen LogP contribution < -0.4 is 4.74 Å². The molecule has 0 saturated heterocycles. The van der Waals surface area contributed by atoms with E-state index in [2.05, 4.69) is 30.8 Å². The summed E-state index contributed by atoms with van der Waals surface area (Å²) in [6.45, 7) is 1.68. The summed E-state index contributed by atoms with van der Waals surface area (Å²) in [4.78, 5) is 2.18. The molecule has 19 heavy (non-hydrogen) atoms. The maximum atomic E-state index is 8.65. The Morgan fingerprint density at radius 1 is 1.32 bits per heavy atom. The van der Waals surface area contributed by atoms with Gasteiger partial charge < -0.3 is 14.7 Å². The van der Waals surface area contributed by atoms with Crippen molar-refractivity contribution in [1.82, 2.24) is 4.90 Å². The second kappa shape index (κ2) is 9.74. The highest BCUT2D eigenvalue weighted by molar-refractivity contribution is 7.99. The molecule has 0 fully saturated rings. The Kier molecular flexibility index (Phi) is 8.15. The van der Waals surface area contributed by atoms with Crippen LogP contribution in [0.15, 0.2) is 24.3 Å². The number of nitrogens with zero attached hydrogens (tertiary/aromatic N) is 1. The fourth-order valence-electron chi connectivity index (χ4n) is 1.37. The lowest BCUT2D eigenvalue weighted by atomic mass is 10.2. The summed E-state index contributed by atoms with van der Waals surface area (Å²) in [5.74, 6) is 8.44. The minimum absolute atomic E-state index is 0.117. The van der Waals surface area contributed by atoms with Crippen LogP contribution in [0.5, 0.6) is 5.75 Å². The number of rotatable bonds is 7. The summed E-state index contributed by atoms with van der Waals surface area (Å²) in [7, 11) is 4.16. The summed E-state index contributed by atoms with van der Waals surface area (Å²) in [5, 5.41) is 8.65. The second-order valence-corrected chi connectivity index (χ2v) is 5.48. The molecule has 0 aliphatic carbocycles. The minimum Gasteiger partial charge on any atom is -0.493 e. The van der Waals surface area contributed by atoms with Crippen molar-refractivity contribution in [2.75, 3.05) is 45.4 Å². The maximum Gasteiger partial charge on any atom is 0.120 e. The zero-order chi connectivity index (χ0) is 13.9. The van der Waals surface area contributed by atoms with E-state index in [1.54, 1.807) is 0 Å². The molecule has 0 bridgehead atoms. The largest absolute Gasteiger partial charge is 0.493 e. The van der Waals surface area contributed by atoms with Crippen molar-refractivity contribution in [3.8, 4) is 17.6 Å². The molecule has 0 aliphatic rings. The molecule has 1 aromatic carbocycles. The van der Waals surface area contributed by atoms with Crippen LogP contribution in [0.3, 0.4) is 0 Å². The van der Waals surface area contributed by atoms with Gasteiger partial charge in [-0.1, -0.05) is 17.9 Å². The van der Waals surface area contributed by atoms with E-state index >= 15 is 0 Å². The van der Waals surface area contributed by atoms with Gasteiger partial charge in [-0.15, -0.1) is 0 Å². The Morgan fingerprint density at radius 3 is 2.89 bits per heavy atom. The van der Waals surface area contributed by atoms with Crippen LogP contribution in [-0.4, -0.2) is 55.4 Å². The van der Waals surface area contributed by atoms with Crippen molar-refractivity contribution in [3.63, 3.8) is 0 Å². The monoisotopic (exact) mass is 279 g/mol. The van der Waals surface area contributed by atoms with Crippen LogP contribution in [-0.2, 0) is 0 Å². The Labute approximate surface area is 120 Å². The number of benzene rings is 1. The molecule has 0 atom stereocenters. The van der Waals surface area contributed by atoms with Gasteiger partial charge in [-0.05, 0) is 32.3 Å². The number of hydrogen-bond donors (Lipinski definition) is 1. The van der Waals surface area contributed by atoms with Gasteiger partial charge in [-0.2, -0.15) is 11.8 Å². The molecular weight excluding hydrogens is 258 g/mol. The van der Waals surface area contributed by atoms with Crippen molar-refractivity contribution in [1.29, 1.82) is 0 Å². The number of thioether (sulfide) groups is 1. The van der Waals surface area contributed by atoms with E-state index in [0.717, 1.165) is 29.4 Å². The quantitative estimate of drug-likeness (QED) is 0.608. The van der Waals surface area contributed by atoms with E-state index in [1.165, 1.54) is 0 Å².